The summed E-state index contributed by atoms with van der Waals surface area (Å²) >= 11 is 4.68. The predicted molar refractivity (Wildman–Crippen MR) is 111 cm³/mol. The molecule has 10 heteroatoms. The van der Waals surface area contributed by atoms with Gasteiger partial charge in [0, 0.05) is 18.8 Å². The molecule has 1 aromatic carbocycles. The maximum atomic E-state index is 13.3. The van der Waals surface area contributed by atoms with Gasteiger partial charge in [0.25, 0.3) is 5.91 Å². The lowest BCUT2D eigenvalue weighted by atomic mass is 10.1. The first-order chi connectivity index (χ1) is 13.3. The molecule has 1 fully saturated rings. The Morgan fingerprint density at radius 3 is 2.64 bits per heavy atom. The highest BCUT2D eigenvalue weighted by molar-refractivity contribution is 9.10. The van der Waals surface area contributed by atoms with E-state index < -0.39 is 9.84 Å². The van der Waals surface area contributed by atoms with Gasteiger partial charge in [-0.25, -0.2) is 18.4 Å². The molecule has 1 amide bonds. The molecule has 0 radical (unpaired) electrons. The number of amides is 1. The zero-order valence-corrected chi connectivity index (χ0v) is 18.7. The number of methoxy groups -OCH3 is 1. The number of nitrogens with zero attached hydrogens (tertiary/aromatic N) is 3. The molecule has 1 aromatic heterocycles. The second-order valence-electron chi connectivity index (χ2n) is 6.39. The van der Waals surface area contributed by atoms with E-state index in [0.717, 1.165) is 5.56 Å². The van der Waals surface area contributed by atoms with Crippen molar-refractivity contribution in [3.63, 3.8) is 0 Å². The molecule has 2 heterocycles. The summed E-state index contributed by atoms with van der Waals surface area (Å²) in [6.45, 7) is 0.286. The minimum Gasteiger partial charge on any atom is -0.497 e. The van der Waals surface area contributed by atoms with Gasteiger partial charge in [0.05, 0.1) is 23.1 Å². The van der Waals surface area contributed by atoms with Crippen LogP contribution in [0, 0.1) is 0 Å². The van der Waals surface area contributed by atoms with Crippen LogP contribution in [0.1, 0.15) is 22.5 Å². The van der Waals surface area contributed by atoms with Crippen LogP contribution in [-0.4, -0.2) is 60.1 Å². The smallest absolute Gasteiger partial charge is 0.274 e. The summed E-state index contributed by atoms with van der Waals surface area (Å²) in [6.07, 6.45) is 3.79. The van der Waals surface area contributed by atoms with E-state index in [0.29, 0.717) is 21.8 Å². The molecule has 1 aliphatic heterocycles. The topological polar surface area (TPSA) is 89.5 Å². The molecule has 1 saturated heterocycles. The van der Waals surface area contributed by atoms with E-state index in [-0.39, 0.29) is 35.7 Å². The molecule has 150 valence electrons. The number of benzene rings is 1. The maximum Gasteiger partial charge on any atom is 0.274 e. The van der Waals surface area contributed by atoms with Crippen LogP contribution in [0.2, 0.25) is 0 Å². The zero-order valence-electron chi connectivity index (χ0n) is 15.5. The predicted octanol–water partition coefficient (Wildman–Crippen LogP) is 2.80. The molecule has 3 rings (SSSR count). The Morgan fingerprint density at radius 1 is 1.36 bits per heavy atom. The van der Waals surface area contributed by atoms with Crippen LogP contribution >= 0.6 is 27.7 Å². The normalized spacial score (nSPS) is 18.0. The van der Waals surface area contributed by atoms with E-state index in [1.807, 2.05) is 30.5 Å². The average Bonchev–Trinajstić information content (AvgIpc) is 3.06. The monoisotopic (exact) mass is 485 g/mol. The molecular weight excluding hydrogens is 466 g/mol. The SMILES string of the molecule is COc1ccc(CN(C(=O)c2nc(SC)ncc2Br)[C@@H]2CCS(=O)(=O)C2)cc1. The maximum absolute atomic E-state index is 13.3. The van der Waals surface area contributed by atoms with Crippen LogP contribution in [0.3, 0.4) is 0 Å². The van der Waals surface area contributed by atoms with Gasteiger partial charge in [-0.05, 0) is 46.3 Å². The minimum atomic E-state index is -3.14. The summed E-state index contributed by atoms with van der Waals surface area (Å²) in [4.78, 5) is 23.4. The Balaban J connectivity index is 1.94. The first-order valence-corrected chi connectivity index (χ1v) is 12.4. The molecule has 1 aliphatic rings. The fourth-order valence-electron chi connectivity index (χ4n) is 3.05. The van der Waals surface area contributed by atoms with Crippen LogP contribution in [-0.2, 0) is 16.4 Å². The van der Waals surface area contributed by atoms with Gasteiger partial charge in [0.2, 0.25) is 0 Å². The van der Waals surface area contributed by atoms with Gasteiger partial charge in [0.1, 0.15) is 11.4 Å². The second kappa shape index (κ2) is 8.79. The largest absolute Gasteiger partial charge is 0.497 e. The number of carbonyl (C=O) groups is 1. The van der Waals surface area contributed by atoms with Crippen molar-refractivity contribution in [2.24, 2.45) is 0 Å². The van der Waals surface area contributed by atoms with Crippen LogP contribution in [0.4, 0.5) is 0 Å². The second-order valence-corrected chi connectivity index (χ2v) is 10.2. The Kier molecular flexibility index (Phi) is 6.61. The molecule has 0 spiro atoms. The number of ether oxygens (including phenoxy) is 1. The van der Waals surface area contributed by atoms with Crippen LogP contribution < -0.4 is 4.74 Å². The van der Waals surface area contributed by atoms with Crippen molar-refractivity contribution in [1.29, 1.82) is 0 Å². The van der Waals surface area contributed by atoms with Gasteiger partial charge >= 0.3 is 0 Å². The molecule has 0 unspecified atom stereocenters. The van der Waals surface area contributed by atoms with Crippen LogP contribution in [0.5, 0.6) is 5.75 Å². The molecule has 0 saturated carbocycles. The van der Waals surface area contributed by atoms with E-state index in [2.05, 4.69) is 25.9 Å². The Morgan fingerprint density at radius 2 is 2.07 bits per heavy atom. The van der Waals surface area contributed by atoms with Crippen molar-refractivity contribution in [3.8, 4) is 5.75 Å². The van der Waals surface area contributed by atoms with E-state index in [4.69, 9.17) is 4.74 Å². The van der Waals surface area contributed by atoms with Gasteiger partial charge < -0.3 is 9.64 Å². The third-order valence-corrected chi connectivity index (χ3v) is 7.42. The standard InChI is InChI=1S/C18H20BrN3O4S2/c1-26-14-5-3-12(4-6-14)10-22(13-7-8-28(24,25)11-13)17(23)16-15(19)9-20-18(21-16)27-2/h3-6,9,13H,7-8,10-11H2,1-2H3/t13-/m1/s1. The number of carbonyl (C=O) groups excluding carboxylic acids is 1. The molecule has 0 bridgehead atoms. The van der Waals surface area contributed by atoms with Crippen molar-refractivity contribution in [2.75, 3.05) is 24.9 Å². The van der Waals surface area contributed by atoms with Crippen molar-refractivity contribution < 1.29 is 17.9 Å². The van der Waals surface area contributed by atoms with Crippen molar-refractivity contribution in [3.05, 3.63) is 46.2 Å². The summed E-state index contributed by atoms with van der Waals surface area (Å²) in [7, 11) is -1.56. The number of rotatable bonds is 6. The van der Waals surface area contributed by atoms with Crippen molar-refractivity contribution in [1.82, 2.24) is 14.9 Å². The lowest BCUT2D eigenvalue weighted by molar-refractivity contribution is 0.0672. The summed E-state index contributed by atoms with van der Waals surface area (Å²) < 4.78 is 29.7. The molecular formula is C18H20BrN3O4S2. The first-order valence-electron chi connectivity index (χ1n) is 8.54. The fraction of sp³-hybridized carbons (Fsp3) is 0.389. The number of hydrogen-bond acceptors (Lipinski definition) is 7. The number of thioether (sulfide) groups is 1. The highest BCUT2D eigenvalue weighted by atomic mass is 79.9. The lowest BCUT2D eigenvalue weighted by Gasteiger charge is -2.28. The lowest BCUT2D eigenvalue weighted by Crippen LogP contribution is -2.41. The van der Waals surface area contributed by atoms with E-state index >= 15 is 0 Å². The van der Waals surface area contributed by atoms with Crippen molar-refractivity contribution in [2.45, 2.75) is 24.2 Å². The fourth-order valence-corrected chi connectivity index (χ4v) is 5.48. The summed E-state index contributed by atoms with van der Waals surface area (Å²) in [5.41, 5.74) is 1.12. The Labute approximate surface area is 176 Å². The first kappa shape index (κ1) is 21.1. The van der Waals surface area contributed by atoms with Gasteiger partial charge in [-0.3, -0.25) is 4.79 Å². The number of aromatic nitrogens is 2. The third-order valence-electron chi connectivity index (χ3n) is 4.53. The Hall–Kier alpha value is -1.65. The van der Waals surface area contributed by atoms with E-state index in [1.165, 1.54) is 11.8 Å². The quantitative estimate of drug-likeness (QED) is 0.458. The molecule has 7 nitrogen and oxygen atoms in total. The van der Waals surface area contributed by atoms with Gasteiger partial charge in [-0.1, -0.05) is 23.9 Å². The minimum absolute atomic E-state index is 0.0347. The van der Waals surface area contributed by atoms with Gasteiger partial charge in [-0.15, -0.1) is 0 Å². The molecule has 2 aromatic rings. The Bertz CT molecular complexity index is 967. The van der Waals surface area contributed by atoms with Gasteiger partial charge in [-0.2, -0.15) is 0 Å². The average molecular weight is 486 g/mol. The van der Waals surface area contributed by atoms with Crippen LogP contribution in [0.25, 0.3) is 0 Å². The highest BCUT2D eigenvalue weighted by Crippen LogP contribution is 2.25. The number of halogens is 1. The summed E-state index contributed by atoms with van der Waals surface area (Å²) in [5, 5.41) is 0.481. The number of sulfone groups is 1. The van der Waals surface area contributed by atoms with Gasteiger partial charge in [0.15, 0.2) is 15.0 Å². The summed E-state index contributed by atoms with van der Waals surface area (Å²) in [5.74, 6) is 0.452. The molecule has 28 heavy (non-hydrogen) atoms. The number of hydrogen-bond donors (Lipinski definition) is 0. The third kappa shape index (κ3) is 4.84. The molecule has 0 aliphatic carbocycles. The van der Waals surface area contributed by atoms with Crippen LogP contribution in [0.15, 0.2) is 40.1 Å². The summed E-state index contributed by atoms with van der Waals surface area (Å²) in [6, 6.07) is 6.97. The molecule has 1 atom stereocenters. The zero-order chi connectivity index (χ0) is 20.3. The van der Waals surface area contributed by atoms with E-state index in [9.17, 15) is 13.2 Å². The molecule has 0 N–H and O–H groups in total. The highest BCUT2D eigenvalue weighted by Gasteiger charge is 2.36. The van der Waals surface area contributed by atoms with E-state index in [1.54, 1.807) is 18.2 Å². The van der Waals surface area contributed by atoms with Crippen molar-refractivity contribution >= 4 is 43.4 Å².